The van der Waals surface area contributed by atoms with E-state index in [1.807, 2.05) is 0 Å². The summed E-state index contributed by atoms with van der Waals surface area (Å²) in [6, 6.07) is 0. The lowest BCUT2D eigenvalue weighted by Crippen LogP contribution is -2.46. The van der Waals surface area contributed by atoms with E-state index in [-0.39, 0.29) is 12.7 Å². The van der Waals surface area contributed by atoms with Gasteiger partial charge in [0.2, 0.25) is 0 Å². The van der Waals surface area contributed by atoms with Crippen molar-refractivity contribution in [2.45, 2.75) is 121 Å². The van der Waals surface area contributed by atoms with Crippen molar-refractivity contribution in [3.63, 3.8) is 0 Å². The molecule has 0 bridgehead atoms. The van der Waals surface area contributed by atoms with Crippen LogP contribution < -0.4 is 0 Å². The van der Waals surface area contributed by atoms with Gasteiger partial charge in [-0.3, -0.25) is 4.79 Å². The summed E-state index contributed by atoms with van der Waals surface area (Å²) >= 11 is 0. The van der Waals surface area contributed by atoms with Crippen molar-refractivity contribution < 1.29 is 34.8 Å². The van der Waals surface area contributed by atoms with E-state index in [2.05, 4.69) is 6.92 Å². The standard InChI is InChI=1S/C22H42O7/c1-2-3-4-5-6-7-8-9-10-11-12-13-14-15-20(26)29-17-19(25)22(28)21(27)18(24)16-23/h16,18-19,21-22,24-25,27-28H,2-15,17H2,1H3/t18-,19+,21+,22+/m0/s1. The molecule has 0 aliphatic heterocycles. The van der Waals surface area contributed by atoms with E-state index in [1.54, 1.807) is 0 Å². The predicted molar refractivity (Wildman–Crippen MR) is 111 cm³/mol. The summed E-state index contributed by atoms with van der Waals surface area (Å²) in [5.74, 6) is -0.482. The van der Waals surface area contributed by atoms with Crippen LogP contribution in [-0.2, 0) is 14.3 Å². The van der Waals surface area contributed by atoms with Gasteiger partial charge in [0, 0.05) is 6.42 Å². The Kier molecular flexibility index (Phi) is 18.3. The Morgan fingerprint density at radius 1 is 0.759 bits per heavy atom. The summed E-state index contributed by atoms with van der Waals surface area (Å²) in [5.41, 5.74) is 0. The number of esters is 1. The van der Waals surface area contributed by atoms with Crippen molar-refractivity contribution in [2.75, 3.05) is 6.61 Å². The van der Waals surface area contributed by atoms with Crippen molar-refractivity contribution >= 4 is 12.3 Å². The molecule has 0 amide bonds. The number of aliphatic hydroxyl groups is 4. The van der Waals surface area contributed by atoms with Crippen molar-refractivity contribution in [3.05, 3.63) is 0 Å². The topological polar surface area (TPSA) is 124 Å². The van der Waals surface area contributed by atoms with Gasteiger partial charge in [-0.1, -0.05) is 84.0 Å². The quantitative estimate of drug-likeness (QED) is 0.136. The summed E-state index contributed by atoms with van der Waals surface area (Å²) in [6.45, 7) is 1.73. The molecule has 0 spiro atoms. The second kappa shape index (κ2) is 19.0. The summed E-state index contributed by atoms with van der Waals surface area (Å²) in [5, 5.41) is 37.8. The van der Waals surface area contributed by atoms with E-state index in [9.17, 15) is 24.9 Å². The highest BCUT2D eigenvalue weighted by atomic mass is 16.5. The van der Waals surface area contributed by atoms with E-state index in [0.717, 1.165) is 12.8 Å². The fraction of sp³-hybridized carbons (Fsp3) is 0.909. The summed E-state index contributed by atoms with van der Waals surface area (Å²) in [4.78, 5) is 22.0. The smallest absolute Gasteiger partial charge is 0.305 e. The SMILES string of the molecule is CCCCCCCCCCCCCCCC(=O)OC[C@@H](O)[C@@H](O)[C@H](O)[C@@H](O)C=O. The van der Waals surface area contributed by atoms with E-state index in [4.69, 9.17) is 9.84 Å². The molecule has 0 aromatic heterocycles. The molecule has 0 fully saturated rings. The molecule has 0 aliphatic rings. The Bertz CT molecular complexity index is 403. The van der Waals surface area contributed by atoms with Gasteiger partial charge in [-0.05, 0) is 6.42 Å². The van der Waals surface area contributed by atoms with Crippen LogP contribution in [0.5, 0.6) is 0 Å². The number of aldehydes is 1. The maximum atomic E-state index is 11.6. The van der Waals surface area contributed by atoms with Crippen molar-refractivity contribution in [3.8, 4) is 0 Å². The van der Waals surface area contributed by atoms with Crippen LogP contribution in [0.2, 0.25) is 0 Å². The number of hydrogen-bond acceptors (Lipinski definition) is 7. The van der Waals surface area contributed by atoms with E-state index < -0.39 is 37.0 Å². The van der Waals surface area contributed by atoms with Crippen LogP contribution in [0.15, 0.2) is 0 Å². The Morgan fingerprint density at radius 3 is 1.66 bits per heavy atom. The van der Waals surface area contributed by atoms with Crippen molar-refractivity contribution in [2.24, 2.45) is 0 Å². The highest BCUT2D eigenvalue weighted by Gasteiger charge is 2.30. The molecule has 172 valence electrons. The molecule has 4 atom stereocenters. The third kappa shape index (κ3) is 15.5. The summed E-state index contributed by atoms with van der Waals surface area (Å²) in [7, 11) is 0. The molecule has 0 saturated carbocycles. The number of carbonyl (C=O) groups excluding carboxylic acids is 2. The van der Waals surface area contributed by atoms with Crippen LogP contribution in [0.4, 0.5) is 0 Å². The first-order valence-corrected chi connectivity index (χ1v) is 11.3. The fourth-order valence-electron chi connectivity index (χ4n) is 3.15. The molecule has 4 N–H and O–H groups in total. The van der Waals surface area contributed by atoms with E-state index in [1.165, 1.54) is 64.2 Å². The lowest BCUT2D eigenvalue weighted by molar-refractivity contribution is -0.156. The van der Waals surface area contributed by atoms with Crippen LogP contribution in [0.1, 0.15) is 96.8 Å². The molecular weight excluding hydrogens is 376 g/mol. The van der Waals surface area contributed by atoms with Crippen LogP contribution >= 0.6 is 0 Å². The molecule has 0 unspecified atom stereocenters. The maximum Gasteiger partial charge on any atom is 0.305 e. The van der Waals surface area contributed by atoms with Gasteiger partial charge in [-0.25, -0.2) is 0 Å². The van der Waals surface area contributed by atoms with Gasteiger partial charge in [-0.15, -0.1) is 0 Å². The lowest BCUT2D eigenvalue weighted by Gasteiger charge is -2.23. The zero-order valence-electron chi connectivity index (χ0n) is 18.0. The average Bonchev–Trinajstić information content (AvgIpc) is 2.73. The number of hydrogen-bond donors (Lipinski definition) is 4. The number of carbonyl (C=O) groups is 2. The van der Waals surface area contributed by atoms with E-state index >= 15 is 0 Å². The van der Waals surface area contributed by atoms with Crippen molar-refractivity contribution in [1.82, 2.24) is 0 Å². The molecule has 0 saturated heterocycles. The lowest BCUT2D eigenvalue weighted by atomic mass is 10.0. The molecule has 0 heterocycles. The van der Waals surface area contributed by atoms with Gasteiger partial charge >= 0.3 is 5.97 Å². The highest BCUT2D eigenvalue weighted by Crippen LogP contribution is 2.13. The Hall–Kier alpha value is -1.02. The molecule has 0 aromatic carbocycles. The first-order valence-electron chi connectivity index (χ1n) is 11.3. The number of aliphatic hydroxyl groups excluding tert-OH is 4. The third-order valence-corrected chi connectivity index (χ3v) is 5.13. The molecule has 29 heavy (non-hydrogen) atoms. The third-order valence-electron chi connectivity index (χ3n) is 5.13. The number of rotatable bonds is 20. The zero-order chi connectivity index (χ0) is 21.9. The molecular formula is C22H42O7. The minimum atomic E-state index is -1.83. The minimum Gasteiger partial charge on any atom is -0.463 e. The molecule has 0 aromatic rings. The van der Waals surface area contributed by atoms with E-state index in [0.29, 0.717) is 6.42 Å². The molecule has 0 aliphatic carbocycles. The Balaban J connectivity index is 3.53. The average molecular weight is 419 g/mol. The van der Waals surface area contributed by atoms with Gasteiger partial charge in [0.25, 0.3) is 0 Å². The monoisotopic (exact) mass is 418 g/mol. The Labute approximate surface area is 175 Å². The molecule has 0 rings (SSSR count). The maximum absolute atomic E-state index is 11.6. The van der Waals surface area contributed by atoms with Crippen molar-refractivity contribution in [1.29, 1.82) is 0 Å². The minimum absolute atomic E-state index is 0.0568. The van der Waals surface area contributed by atoms with Crippen LogP contribution in [0.25, 0.3) is 0 Å². The number of unbranched alkanes of at least 4 members (excludes halogenated alkanes) is 12. The second-order valence-electron chi connectivity index (χ2n) is 7.85. The summed E-state index contributed by atoms with van der Waals surface area (Å²) in [6.07, 6.45) is 9.10. The van der Waals surface area contributed by atoms with Crippen LogP contribution in [0.3, 0.4) is 0 Å². The van der Waals surface area contributed by atoms with Gasteiger partial charge in [-0.2, -0.15) is 0 Å². The van der Waals surface area contributed by atoms with Crippen LogP contribution in [-0.4, -0.2) is 63.7 Å². The van der Waals surface area contributed by atoms with Gasteiger partial charge in [0.1, 0.15) is 31.0 Å². The first kappa shape index (κ1) is 28.0. The fourth-order valence-corrected chi connectivity index (χ4v) is 3.15. The Morgan fingerprint density at radius 2 is 1.21 bits per heavy atom. The largest absolute Gasteiger partial charge is 0.463 e. The van der Waals surface area contributed by atoms with Gasteiger partial charge in [0.05, 0.1) is 0 Å². The molecule has 0 radical (unpaired) electrons. The summed E-state index contributed by atoms with van der Waals surface area (Å²) < 4.78 is 4.87. The van der Waals surface area contributed by atoms with Crippen LogP contribution in [0, 0.1) is 0 Å². The first-order chi connectivity index (χ1) is 13.9. The second-order valence-corrected chi connectivity index (χ2v) is 7.85. The normalized spacial score (nSPS) is 15.5. The highest BCUT2D eigenvalue weighted by molar-refractivity contribution is 5.69. The molecule has 7 heteroatoms. The predicted octanol–water partition coefficient (Wildman–Crippen LogP) is 2.65. The zero-order valence-corrected chi connectivity index (χ0v) is 18.0. The van der Waals surface area contributed by atoms with Gasteiger partial charge < -0.3 is 30.0 Å². The van der Waals surface area contributed by atoms with Gasteiger partial charge in [0.15, 0.2) is 6.29 Å². The number of ether oxygens (including phenoxy) is 1. The molecule has 7 nitrogen and oxygen atoms in total.